The van der Waals surface area contributed by atoms with Crippen LogP contribution in [0.25, 0.3) is 6.08 Å². The Bertz CT molecular complexity index is 482. The second-order valence-electron chi connectivity index (χ2n) is 4.92. The highest BCUT2D eigenvalue weighted by Gasteiger charge is 2.34. The summed E-state index contributed by atoms with van der Waals surface area (Å²) in [7, 11) is 0. The summed E-state index contributed by atoms with van der Waals surface area (Å²) in [6.07, 6.45) is 2.80. The van der Waals surface area contributed by atoms with E-state index in [1.54, 1.807) is 13.8 Å². The van der Waals surface area contributed by atoms with Crippen molar-refractivity contribution in [2.45, 2.75) is 27.2 Å². The molecule has 84 valence electrons. The van der Waals surface area contributed by atoms with Crippen molar-refractivity contribution in [1.29, 1.82) is 0 Å². The molecule has 1 aromatic carbocycles. The van der Waals surface area contributed by atoms with Gasteiger partial charge in [0.05, 0.1) is 5.41 Å². The summed E-state index contributed by atoms with van der Waals surface area (Å²) in [4.78, 5) is 11.2. The number of fused-ring (bicyclic) bond motifs is 1. The molecule has 1 aliphatic carbocycles. The fourth-order valence-corrected chi connectivity index (χ4v) is 2.07. The molecule has 0 atom stereocenters. The molecule has 0 saturated carbocycles. The monoisotopic (exact) mass is 216 g/mol. The van der Waals surface area contributed by atoms with Gasteiger partial charge in [-0.25, -0.2) is 0 Å². The summed E-state index contributed by atoms with van der Waals surface area (Å²) < 4.78 is 0. The molecule has 0 saturated heterocycles. The van der Waals surface area contributed by atoms with Crippen LogP contribution in [-0.4, -0.2) is 11.1 Å². The van der Waals surface area contributed by atoms with Crippen LogP contribution in [0.1, 0.15) is 30.5 Å². The maximum atomic E-state index is 11.2. The molecule has 0 heterocycles. The Morgan fingerprint density at radius 3 is 2.62 bits per heavy atom. The second kappa shape index (κ2) is 3.48. The van der Waals surface area contributed by atoms with E-state index < -0.39 is 11.4 Å². The normalized spacial score (nSPS) is 14.6. The molecule has 1 N–H and O–H groups in total. The molecule has 16 heavy (non-hydrogen) atoms. The molecule has 0 bridgehead atoms. The zero-order valence-corrected chi connectivity index (χ0v) is 9.87. The number of hydrogen-bond donors (Lipinski definition) is 1. The van der Waals surface area contributed by atoms with Crippen molar-refractivity contribution in [3.05, 3.63) is 40.5 Å². The van der Waals surface area contributed by atoms with E-state index in [9.17, 15) is 9.90 Å². The van der Waals surface area contributed by atoms with E-state index in [4.69, 9.17) is 0 Å². The zero-order valence-electron chi connectivity index (χ0n) is 9.87. The lowest BCUT2D eigenvalue weighted by Gasteiger charge is -2.20. The van der Waals surface area contributed by atoms with Gasteiger partial charge in [0, 0.05) is 0 Å². The van der Waals surface area contributed by atoms with Crippen LogP contribution >= 0.6 is 0 Å². The molecule has 2 rings (SSSR count). The summed E-state index contributed by atoms with van der Waals surface area (Å²) in [5.74, 6) is -0.760. The number of carboxylic acid groups (broad SMARTS) is 1. The molecule has 0 radical (unpaired) electrons. The van der Waals surface area contributed by atoms with Gasteiger partial charge in [0.15, 0.2) is 0 Å². The molecule has 1 aromatic rings. The van der Waals surface area contributed by atoms with Crippen molar-refractivity contribution in [3.8, 4) is 0 Å². The van der Waals surface area contributed by atoms with Gasteiger partial charge in [-0.2, -0.15) is 0 Å². The molecule has 0 spiro atoms. The summed E-state index contributed by atoms with van der Waals surface area (Å²) >= 11 is 0. The second-order valence-corrected chi connectivity index (χ2v) is 4.92. The third-order valence-corrected chi connectivity index (χ3v) is 3.45. The van der Waals surface area contributed by atoms with Gasteiger partial charge in [-0.05, 0) is 49.5 Å². The van der Waals surface area contributed by atoms with E-state index in [1.807, 2.05) is 12.1 Å². The molecular weight excluding hydrogens is 200 g/mol. The smallest absolute Gasteiger partial charge is 0.313 e. The maximum Gasteiger partial charge on any atom is 0.313 e. The minimum Gasteiger partial charge on any atom is -0.481 e. The first-order valence-corrected chi connectivity index (χ1v) is 5.46. The number of rotatable bonds is 2. The average molecular weight is 216 g/mol. The standard InChI is InChI=1S/C14H16O2/c1-9-5-4-6-10-7-11(8-12(9)10)14(2,3)13(15)16/h4-6,8H,7H2,1-3H3,(H,15,16). The Morgan fingerprint density at radius 2 is 2.06 bits per heavy atom. The van der Waals surface area contributed by atoms with Gasteiger partial charge in [-0.15, -0.1) is 0 Å². The van der Waals surface area contributed by atoms with E-state index in [-0.39, 0.29) is 0 Å². The highest BCUT2D eigenvalue weighted by Crippen LogP contribution is 2.37. The van der Waals surface area contributed by atoms with Crippen molar-refractivity contribution in [2.75, 3.05) is 0 Å². The predicted molar refractivity (Wildman–Crippen MR) is 64.3 cm³/mol. The lowest BCUT2D eigenvalue weighted by atomic mass is 9.83. The van der Waals surface area contributed by atoms with Gasteiger partial charge in [0.1, 0.15) is 0 Å². The van der Waals surface area contributed by atoms with Gasteiger partial charge in [-0.1, -0.05) is 24.3 Å². The highest BCUT2D eigenvalue weighted by molar-refractivity contribution is 5.82. The Morgan fingerprint density at radius 1 is 1.38 bits per heavy atom. The first kappa shape index (κ1) is 10.9. The molecule has 1 aliphatic rings. The maximum absolute atomic E-state index is 11.2. The summed E-state index contributed by atoms with van der Waals surface area (Å²) in [5, 5.41) is 9.21. The summed E-state index contributed by atoms with van der Waals surface area (Å²) in [6.45, 7) is 5.59. The van der Waals surface area contributed by atoms with Crippen molar-refractivity contribution >= 4 is 12.0 Å². The largest absolute Gasteiger partial charge is 0.481 e. The highest BCUT2D eigenvalue weighted by atomic mass is 16.4. The molecular formula is C14H16O2. The number of carbonyl (C=O) groups is 1. The van der Waals surface area contributed by atoms with E-state index in [1.165, 1.54) is 16.7 Å². The van der Waals surface area contributed by atoms with Gasteiger partial charge >= 0.3 is 5.97 Å². The lowest BCUT2D eigenvalue weighted by Crippen LogP contribution is -2.26. The van der Waals surface area contributed by atoms with E-state index in [2.05, 4.69) is 19.1 Å². The lowest BCUT2D eigenvalue weighted by molar-refractivity contribution is -0.144. The van der Waals surface area contributed by atoms with Crippen LogP contribution in [0.2, 0.25) is 0 Å². The van der Waals surface area contributed by atoms with Crippen LogP contribution in [0.4, 0.5) is 0 Å². The van der Waals surface area contributed by atoms with Crippen LogP contribution in [0.15, 0.2) is 23.8 Å². The Hall–Kier alpha value is -1.57. The average Bonchev–Trinajstić information content (AvgIpc) is 2.63. The quantitative estimate of drug-likeness (QED) is 0.825. The van der Waals surface area contributed by atoms with Crippen LogP contribution in [0.5, 0.6) is 0 Å². The molecule has 0 aliphatic heterocycles. The number of aryl methyl sites for hydroxylation is 1. The van der Waals surface area contributed by atoms with Gasteiger partial charge in [0.25, 0.3) is 0 Å². The molecule has 0 unspecified atom stereocenters. The van der Waals surface area contributed by atoms with Crippen molar-refractivity contribution < 1.29 is 9.90 Å². The van der Waals surface area contributed by atoms with Crippen molar-refractivity contribution in [3.63, 3.8) is 0 Å². The van der Waals surface area contributed by atoms with E-state index in [0.717, 1.165) is 12.0 Å². The number of hydrogen-bond acceptors (Lipinski definition) is 1. The van der Waals surface area contributed by atoms with Gasteiger partial charge < -0.3 is 5.11 Å². The molecule has 2 nitrogen and oxygen atoms in total. The van der Waals surface area contributed by atoms with Crippen molar-refractivity contribution in [2.24, 2.45) is 5.41 Å². The third-order valence-electron chi connectivity index (χ3n) is 3.45. The third kappa shape index (κ3) is 1.54. The number of carboxylic acids is 1. The van der Waals surface area contributed by atoms with Gasteiger partial charge in [0.2, 0.25) is 0 Å². The van der Waals surface area contributed by atoms with Crippen LogP contribution in [0.3, 0.4) is 0 Å². The first-order chi connectivity index (χ1) is 7.43. The van der Waals surface area contributed by atoms with Gasteiger partial charge in [-0.3, -0.25) is 4.79 Å². The molecule has 0 aromatic heterocycles. The summed E-state index contributed by atoms with van der Waals surface area (Å²) in [6, 6.07) is 6.16. The van der Waals surface area contributed by atoms with Crippen LogP contribution in [0, 0.1) is 12.3 Å². The number of aliphatic carboxylic acids is 1. The van der Waals surface area contributed by atoms with E-state index >= 15 is 0 Å². The minimum atomic E-state index is -0.772. The predicted octanol–water partition coefficient (Wildman–Crippen LogP) is 3.05. The van der Waals surface area contributed by atoms with Crippen molar-refractivity contribution in [1.82, 2.24) is 0 Å². The summed E-state index contributed by atoms with van der Waals surface area (Å²) in [5.41, 5.74) is 3.87. The van der Waals surface area contributed by atoms with Crippen LogP contribution < -0.4 is 0 Å². The van der Waals surface area contributed by atoms with Crippen LogP contribution in [-0.2, 0) is 11.2 Å². The first-order valence-electron chi connectivity index (χ1n) is 5.46. The Kier molecular flexibility index (Phi) is 2.38. The fourth-order valence-electron chi connectivity index (χ4n) is 2.07. The zero-order chi connectivity index (χ0) is 11.9. The molecule has 0 amide bonds. The Balaban J connectivity index is 2.43. The fraction of sp³-hybridized carbons (Fsp3) is 0.357. The van der Waals surface area contributed by atoms with E-state index in [0.29, 0.717) is 0 Å². The topological polar surface area (TPSA) is 37.3 Å². The number of benzene rings is 1. The molecule has 0 fully saturated rings. The Labute approximate surface area is 95.6 Å². The molecule has 2 heteroatoms. The SMILES string of the molecule is Cc1cccc2c1C=C(C(C)(C)C(=O)O)C2. The minimum absolute atomic E-state index is 0.760.